The molecular formula is C14H20N4O3. The topological polar surface area (TPSA) is 90.5 Å². The van der Waals surface area contributed by atoms with E-state index in [4.69, 9.17) is 0 Å². The van der Waals surface area contributed by atoms with Crippen molar-refractivity contribution in [2.24, 2.45) is 11.8 Å². The fraction of sp³-hybridized carbons (Fsp3) is 0.786. The van der Waals surface area contributed by atoms with E-state index in [-0.39, 0.29) is 18.2 Å². The van der Waals surface area contributed by atoms with Gasteiger partial charge in [-0.2, -0.15) is 0 Å². The van der Waals surface area contributed by atoms with Crippen LogP contribution in [0.25, 0.3) is 0 Å². The van der Waals surface area contributed by atoms with Crippen LogP contribution in [-0.2, 0) is 9.59 Å². The number of hydrogen-bond donors (Lipinski definition) is 3. The molecule has 5 atom stereocenters. The van der Waals surface area contributed by atoms with Crippen molar-refractivity contribution in [1.29, 1.82) is 0 Å². The van der Waals surface area contributed by atoms with E-state index in [9.17, 15) is 14.4 Å². The Morgan fingerprint density at radius 1 is 1.05 bits per heavy atom. The Bertz CT molecular complexity index is 490. The summed E-state index contributed by atoms with van der Waals surface area (Å²) in [6.45, 7) is 1.99. The molecule has 2 bridgehead atoms. The average Bonchev–Trinajstić information content (AvgIpc) is 3.10. The third kappa shape index (κ3) is 1.94. The van der Waals surface area contributed by atoms with Gasteiger partial charge in [-0.1, -0.05) is 0 Å². The highest BCUT2D eigenvalue weighted by Crippen LogP contribution is 2.47. The minimum Gasteiger partial charge on any atom is -0.334 e. The van der Waals surface area contributed by atoms with Crippen LogP contribution in [0.3, 0.4) is 0 Å². The van der Waals surface area contributed by atoms with Crippen LogP contribution in [0.4, 0.5) is 4.79 Å². The molecule has 114 valence electrons. The number of fused-ring (bicyclic) bond motifs is 5. The van der Waals surface area contributed by atoms with Gasteiger partial charge < -0.3 is 15.5 Å². The molecule has 7 nitrogen and oxygen atoms in total. The molecular weight excluding hydrogens is 272 g/mol. The van der Waals surface area contributed by atoms with Gasteiger partial charge in [0.1, 0.15) is 6.04 Å². The lowest BCUT2D eigenvalue weighted by molar-refractivity contribution is -0.135. The summed E-state index contributed by atoms with van der Waals surface area (Å²) in [5, 5.41) is 8.29. The van der Waals surface area contributed by atoms with Gasteiger partial charge in [0.05, 0.1) is 0 Å². The van der Waals surface area contributed by atoms with E-state index in [0.29, 0.717) is 30.3 Å². The number of nitrogens with one attached hydrogen (secondary N) is 3. The number of nitrogens with zero attached hydrogens (tertiary/aromatic N) is 1. The van der Waals surface area contributed by atoms with Crippen LogP contribution in [0.1, 0.15) is 25.7 Å². The van der Waals surface area contributed by atoms with E-state index in [0.717, 1.165) is 25.9 Å². The molecule has 3 N–H and O–H groups in total. The lowest BCUT2D eigenvalue weighted by atomic mass is 9.82. The number of carbonyl (C=O) groups excluding carboxylic acids is 3. The Morgan fingerprint density at radius 2 is 1.71 bits per heavy atom. The Labute approximate surface area is 122 Å². The first kappa shape index (κ1) is 13.1. The van der Waals surface area contributed by atoms with Crippen LogP contribution in [0.15, 0.2) is 0 Å². The maximum atomic E-state index is 12.8. The Balaban J connectivity index is 1.53. The molecule has 4 rings (SSSR count). The number of imide groups is 1. The zero-order valence-electron chi connectivity index (χ0n) is 11.8. The molecule has 0 aromatic carbocycles. The normalized spacial score (nSPS) is 41.5. The molecule has 21 heavy (non-hydrogen) atoms. The van der Waals surface area contributed by atoms with Crippen molar-refractivity contribution in [1.82, 2.24) is 20.9 Å². The fourth-order valence-electron chi connectivity index (χ4n) is 4.69. The van der Waals surface area contributed by atoms with Crippen molar-refractivity contribution < 1.29 is 14.4 Å². The SMILES string of the molecule is O=C1CCC(C(=O)N2[C@@H]3CC[C@H]2[C@H]2CNC[C@H]23)NC(=O)N1. The molecule has 0 radical (unpaired) electrons. The van der Waals surface area contributed by atoms with Crippen molar-refractivity contribution in [3.05, 3.63) is 0 Å². The van der Waals surface area contributed by atoms with Crippen LogP contribution in [0, 0.1) is 11.8 Å². The number of amides is 4. The second-order valence-corrected chi connectivity index (χ2v) is 6.56. The highest BCUT2D eigenvalue weighted by molar-refractivity contribution is 5.98. The number of carbonyl (C=O) groups is 3. The molecule has 0 aromatic rings. The van der Waals surface area contributed by atoms with Crippen LogP contribution < -0.4 is 16.0 Å². The summed E-state index contributed by atoms with van der Waals surface area (Å²) in [7, 11) is 0. The lowest BCUT2D eigenvalue weighted by Gasteiger charge is -2.28. The van der Waals surface area contributed by atoms with E-state index < -0.39 is 12.1 Å². The van der Waals surface area contributed by atoms with E-state index in [1.165, 1.54) is 0 Å². The molecule has 4 fully saturated rings. The highest BCUT2D eigenvalue weighted by Gasteiger charge is 2.57. The number of rotatable bonds is 1. The monoisotopic (exact) mass is 292 g/mol. The van der Waals surface area contributed by atoms with Crippen LogP contribution in [0.5, 0.6) is 0 Å². The largest absolute Gasteiger partial charge is 0.334 e. The summed E-state index contributed by atoms with van der Waals surface area (Å²) in [4.78, 5) is 37.8. The van der Waals surface area contributed by atoms with Gasteiger partial charge in [0, 0.05) is 31.6 Å². The second kappa shape index (κ2) is 4.69. The van der Waals surface area contributed by atoms with Crippen molar-refractivity contribution in [3.63, 3.8) is 0 Å². The first-order chi connectivity index (χ1) is 10.1. The predicted molar refractivity (Wildman–Crippen MR) is 73.2 cm³/mol. The van der Waals surface area contributed by atoms with Crippen molar-refractivity contribution in [2.75, 3.05) is 13.1 Å². The molecule has 4 amide bonds. The van der Waals surface area contributed by atoms with Gasteiger partial charge in [0.15, 0.2) is 0 Å². The maximum absolute atomic E-state index is 12.8. The van der Waals surface area contributed by atoms with Crippen molar-refractivity contribution >= 4 is 17.8 Å². The smallest absolute Gasteiger partial charge is 0.322 e. The second-order valence-electron chi connectivity index (χ2n) is 6.56. The minimum atomic E-state index is -0.564. The first-order valence-electron chi connectivity index (χ1n) is 7.78. The molecule has 0 spiro atoms. The molecule has 1 unspecified atom stereocenters. The van der Waals surface area contributed by atoms with Gasteiger partial charge in [-0.15, -0.1) is 0 Å². The Morgan fingerprint density at radius 3 is 2.38 bits per heavy atom. The van der Waals surface area contributed by atoms with Crippen molar-refractivity contribution in [2.45, 2.75) is 43.8 Å². The number of hydrogen-bond acceptors (Lipinski definition) is 4. The van der Waals surface area contributed by atoms with Crippen LogP contribution in [-0.4, -0.2) is 54.0 Å². The van der Waals surface area contributed by atoms with E-state index in [1.54, 1.807) is 0 Å². The highest BCUT2D eigenvalue weighted by atomic mass is 16.2. The minimum absolute atomic E-state index is 0.00162. The summed E-state index contributed by atoms with van der Waals surface area (Å²) >= 11 is 0. The first-order valence-corrected chi connectivity index (χ1v) is 7.78. The maximum Gasteiger partial charge on any atom is 0.322 e. The Kier molecular flexibility index (Phi) is 2.92. The summed E-state index contributed by atoms with van der Waals surface area (Å²) in [5.41, 5.74) is 0. The molecule has 0 saturated carbocycles. The molecule has 4 aliphatic heterocycles. The van der Waals surface area contributed by atoms with E-state index >= 15 is 0 Å². The molecule has 4 aliphatic rings. The zero-order chi connectivity index (χ0) is 14.6. The Hall–Kier alpha value is -1.63. The van der Waals surface area contributed by atoms with E-state index in [1.807, 2.05) is 4.90 Å². The van der Waals surface area contributed by atoms with Crippen molar-refractivity contribution in [3.8, 4) is 0 Å². The third-order valence-corrected chi connectivity index (χ3v) is 5.54. The molecule has 7 heteroatoms. The zero-order valence-corrected chi connectivity index (χ0v) is 11.8. The van der Waals surface area contributed by atoms with E-state index in [2.05, 4.69) is 16.0 Å². The summed E-state index contributed by atoms with van der Waals surface area (Å²) in [6.07, 6.45) is 2.74. The summed E-state index contributed by atoms with van der Waals surface area (Å²) in [6, 6.07) is -0.492. The summed E-state index contributed by atoms with van der Waals surface area (Å²) in [5.74, 6) is 0.817. The molecule has 0 aliphatic carbocycles. The predicted octanol–water partition coefficient (Wildman–Crippen LogP) is -0.817. The molecule has 4 saturated heterocycles. The van der Waals surface area contributed by atoms with Crippen LogP contribution >= 0.6 is 0 Å². The standard InChI is InChI=1S/C14H20N4O3/c19-12-4-1-9(16-14(21)17-12)13(20)18-10-2-3-11(18)8-6-15-5-7(8)10/h7-11,15H,1-6H2,(H2,16,17,19,21)/t7-,8+,9?,10-,11+. The quantitative estimate of drug-likeness (QED) is 0.589. The average molecular weight is 292 g/mol. The summed E-state index contributed by atoms with van der Waals surface area (Å²) < 4.78 is 0. The third-order valence-electron chi connectivity index (χ3n) is 5.54. The molecule has 0 aromatic heterocycles. The lowest BCUT2D eigenvalue weighted by Crippen LogP contribution is -2.52. The van der Waals surface area contributed by atoms with Gasteiger partial charge in [-0.05, 0) is 31.1 Å². The van der Waals surface area contributed by atoms with Gasteiger partial charge in [-0.3, -0.25) is 14.9 Å². The molecule has 4 heterocycles. The van der Waals surface area contributed by atoms with Gasteiger partial charge in [0.2, 0.25) is 11.8 Å². The van der Waals surface area contributed by atoms with Gasteiger partial charge in [0.25, 0.3) is 0 Å². The fourth-order valence-corrected chi connectivity index (χ4v) is 4.69. The van der Waals surface area contributed by atoms with Crippen LogP contribution in [0.2, 0.25) is 0 Å². The number of urea groups is 1. The van der Waals surface area contributed by atoms with Gasteiger partial charge >= 0.3 is 6.03 Å². The van der Waals surface area contributed by atoms with Gasteiger partial charge in [-0.25, -0.2) is 4.79 Å².